The number of hydrogen-bond acceptors (Lipinski definition) is 3. The molecule has 0 spiro atoms. The van der Waals surface area contributed by atoms with E-state index in [9.17, 15) is 40.6 Å². The number of benzene rings is 2. The summed E-state index contributed by atoms with van der Waals surface area (Å²) in [5, 5.41) is 13.1. The van der Waals surface area contributed by atoms with Crippen molar-refractivity contribution in [1.29, 1.82) is 0 Å². The van der Waals surface area contributed by atoms with Gasteiger partial charge in [-0.15, -0.1) is 0 Å². The number of halogens is 7. The summed E-state index contributed by atoms with van der Waals surface area (Å²) in [6.45, 7) is 2.78. The third-order valence-corrected chi connectivity index (χ3v) is 7.30. The molecule has 1 amide bonds. The Hall–Kier alpha value is -2.66. The Bertz CT molecular complexity index is 1110. The molecule has 2 aromatic carbocycles. The van der Waals surface area contributed by atoms with Crippen molar-refractivity contribution in [2.24, 2.45) is 5.92 Å². The van der Waals surface area contributed by atoms with Crippen molar-refractivity contribution < 1.29 is 45.4 Å². The monoisotopic (exact) mass is 533 g/mol. The summed E-state index contributed by atoms with van der Waals surface area (Å²) in [6.07, 6.45) is -10.7. The van der Waals surface area contributed by atoms with Crippen LogP contribution in [0.15, 0.2) is 42.5 Å². The molecule has 0 bridgehead atoms. The van der Waals surface area contributed by atoms with Gasteiger partial charge >= 0.3 is 12.4 Å². The van der Waals surface area contributed by atoms with Crippen molar-refractivity contribution in [1.82, 2.24) is 5.32 Å². The van der Waals surface area contributed by atoms with Gasteiger partial charge < -0.3 is 15.2 Å². The minimum Gasteiger partial charge on any atom is -0.380 e. The first-order valence-corrected chi connectivity index (χ1v) is 11.8. The highest BCUT2D eigenvalue weighted by molar-refractivity contribution is 5.87. The van der Waals surface area contributed by atoms with Crippen molar-refractivity contribution in [2.45, 2.75) is 75.2 Å². The zero-order chi connectivity index (χ0) is 27.3. The van der Waals surface area contributed by atoms with E-state index in [0.29, 0.717) is 30.5 Å². The number of amides is 1. The number of hydrogen-bond donors (Lipinski definition) is 2. The highest BCUT2D eigenvalue weighted by Crippen LogP contribution is 2.48. The Morgan fingerprint density at radius 3 is 2.05 bits per heavy atom. The van der Waals surface area contributed by atoms with Gasteiger partial charge in [0.1, 0.15) is 11.4 Å². The SMILES string of the molecule is C[C@@H](O[C@H]1CC[C@@H]([C@H]2C[C@](C)(O)C(=O)N2)[C@@H]1c1ccc(F)cc1)c1cc(C(F)(F)F)cc(C(F)(F)F)c1. The molecular weight excluding hydrogens is 507 g/mol. The van der Waals surface area contributed by atoms with Gasteiger partial charge in [-0.2, -0.15) is 26.3 Å². The maximum absolute atomic E-state index is 13.6. The Morgan fingerprint density at radius 2 is 1.57 bits per heavy atom. The lowest BCUT2D eigenvalue weighted by molar-refractivity contribution is -0.143. The number of carbonyl (C=O) groups excluding carboxylic acids is 1. The molecule has 4 nitrogen and oxygen atoms in total. The second-order valence-electron chi connectivity index (χ2n) is 10.0. The van der Waals surface area contributed by atoms with E-state index in [4.69, 9.17) is 4.74 Å². The van der Waals surface area contributed by atoms with Gasteiger partial charge in [0.25, 0.3) is 5.91 Å². The normalized spacial score (nSPS) is 29.4. The van der Waals surface area contributed by atoms with Crippen molar-refractivity contribution in [2.75, 3.05) is 0 Å². The van der Waals surface area contributed by atoms with Gasteiger partial charge in [-0.3, -0.25) is 4.79 Å². The molecule has 11 heteroatoms. The summed E-state index contributed by atoms with van der Waals surface area (Å²) in [4.78, 5) is 12.2. The maximum atomic E-state index is 13.6. The molecule has 1 saturated heterocycles. The largest absolute Gasteiger partial charge is 0.416 e. The van der Waals surface area contributed by atoms with Gasteiger partial charge in [0.05, 0.1) is 23.3 Å². The van der Waals surface area contributed by atoms with Gasteiger partial charge in [0.2, 0.25) is 0 Å². The molecule has 1 heterocycles. The van der Waals surface area contributed by atoms with E-state index in [0.717, 1.165) is 0 Å². The molecule has 1 saturated carbocycles. The first kappa shape index (κ1) is 27.4. The Morgan fingerprint density at radius 1 is 1.00 bits per heavy atom. The van der Waals surface area contributed by atoms with Crippen LogP contribution in [0.1, 0.15) is 67.4 Å². The van der Waals surface area contributed by atoms with Gasteiger partial charge in [-0.1, -0.05) is 12.1 Å². The molecule has 0 aromatic heterocycles. The second kappa shape index (κ2) is 9.58. The molecule has 1 aliphatic heterocycles. The summed E-state index contributed by atoms with van der Waals surface area (Å²) in [6, 6.07) is 6.50. The fourth-order valence-electron chi connectivity index (χ4n) is 5.45. The topological polar surface area (TPSA) is 58.6 Å². The molecule has 2 aliphatic rings. The average Bonchev–Trinajstić information content (AvgIpc) is 3.32. The Labute approximate surface area is 208 Å². The van der Waals surface area contributed by atoms with E-state index < -0.39 is 65.0 Å². The van der Waals surface area contributed by atoms with E-state index in [1.165, 1.54) is 26.0 Å². The smallest absolute Gasteiger partial charge is 0.380 e. The maximum Gasteiger partial charge on any atom is 0.416 e. The first-order valence-electron chi connectivity index (χ1n) is 11.8. The highest BCUT2D eigenvalue weighted by atomic mass is 19.4. The fraction of sp³-hybridized carbons (Fsp3) is 0.500. The lowest BCUT2D eigenvalue weighted by Gasteiger charge is -2.31. The first-order chi connectivity index (χ1) is 17.1. The highest BCUT2D eigenvalue weighted by Gasteiger charge is 2.50. The van der Waals surface area contributed by atoms with E-state index in [1.807, 2.05) is 0 Å². The molecule has 202 valence electrons. The van der Waals surface area contributed by atoms with E-state index >= 15 is 0 Å². The number of rotatable bonds is 5. The molecule has 2 N–H and O–H groups in total. The molecule has 6 atom stereocenters. The number of carbonyl (C=O) groups is 1. The zero-order valence-electron chi connectivity index (χ0n) is 20.0. The van der Waals surface area contributed by atoms with Crippen molar-refractivity contribution >= 4 is 5.91 Å². The van der Waals surface area contributed by atoms with E-state index in [-0.39, 0.29) is 24.0 Å². The molecule has 4 rings (SSSR count). The molecule has 37 heavy (non-hydrogen) atoms. The van der Waals surface area contributed by atoms with Gasteiger partial charge in [-0.25, -0.2) is 4.39 Å². The van der Waals surface area contributed by atoms with E-state index in [2.05, 4.69) is 5.32 Å². The van der Waals surface area contributed by atoms with Crippen LogP contribution in [-0.2, 0) is 21.9 Å². The van der Waals surface area contributed by atoms with Gasteiger partial charge in [0, 0.05) is 18.4 Å². The fourth-order valence-corrected chi connectivity index (χ4v) is 5.45. The van der Waals surface area contributed by atoms with Crippen LogP contribution in [0.5, 0.6) is 0 Å². The molecule has 2 fully saturated rings. The van der Waals surface area contributed by atoms with Crippen LogP contribution in [0.2, 0.25) is 0 Å². The minimum atomic E-state index is -4.98. The predicted molar refractivity (Wildman–Crippen MR) is 119 cm³/mol. The van der Waals surface area contributed by atoms with Crippen LogP contribution in [-0.4, -0.2) is 28.8 Å². The van der Waals surface area contributed by atoms with Crippen molar-refractivity contribution in [3.63, 3.8) is 0 Å². The summed E-state index contributed by atoms with van der Waals surface area (Å²) in [7, 11) is 0. The summed E-state index contributed by atoms with van der Waals surface area (Å²) in [5.74, 6) is -1.72. The van der Waals surface area contributed by atoms with Gasteiger partial charge in [0.15, 0.2) is 0 Å². The molecular formula is C26H26F7NO3. The number of alkyl halides is 6. The predicted octanol–water partition coefficient (Wildman–Crippen LogP) is 6.14. The van der Waals surface area contributed by atoms with Crippen LogP contribution in [0.4, 0.5) is 30.7 Å². The Kier molecular flexibility index (Phi) is 7.09. The molecule has 1 aliphatic carbocycles. The third kappa shape index (κ3) is 5.77. The number of aliphatic hydroxyl groups is 1. The zero-order valence-corrected chi connectivity index (χ0v) is 20.0. The minimum absolute atomic E-state index is 0.0673. The molecule has 0 unspecified atom stereocenters. The van der Waals surface area contributed by atoms with Crippen LogP contribution >= 0.6 is 0 Å². The third-order valence-electron chi connectivity index (χ3n) is 7.30. The quantitative estimate of drug-likeness (QED) is 0.454. The van der Waals surface area contributed by atoms with Crippen LogP contribution < -0.4 is 5.32 Å². The Balaban J connectivity index is 1.65. The second-order valence-corrected chi connectivity index (χ2v) is 10.0. The van der Waals surface area contributed by atoms with Gasteiger partial charge in [-0.05, 0) is 74.1 Å². The molecule has 0 radical (unpaired) electrons. The van der Waals surface area contributed by atoms with Crippen molar-refractivity contribution in [3.05, 3.63) is 70.5 Å². The summed E-state index contributed by atoms with van der Waals surface area (Å²) >= 11 is 0. The van der Waals surface area contributed by atoms with Crippen LogP contribution in [0.25, 0.3) is 0 Å². The van der Waals surface area contributed by atoms with Crippen molar-refractivity contribution in [3.8, 4) is 0 Å². The standard InChI is InChI=1S/C26H26F7NO3/c1-13(15-9-16(25(28,29)30)11-17(10-15)26(31,32)33)37-21-8-7-19(20-12-24(2,36)23(35)34-20)22(21)14-3-5-18(27)6-4-14/h3-6,9-11,13,19-22,36H,7-8,12H2,1-2H3,(H,34,35)/t13-,19+,20-,21+,22+,24+/m1/s1. The number of ether oxygens (including phenoxy) is 1. The van der Waals surface area contributed by atoms with E-state index in [1.54, 1.807) is 12.1 Å². The molecule has 2 aromatic rings. The summed E-state index contributed by atoms with van der Waals surface area (Å²) in [5.41, 5.74) is -4.05. The van der Waals surface area contributed by atoms with Crippen LogP contribution in [0.3, 0.4) is 0 Å². The lowest BCUT2D eigenvalue weighted by atomic mass is 9.81. The average molecular weight is 533 g/mol. The lowest BCUT2D eigenvalue weighted by Crippen LogP contribution is -2.37. The van der Waals surface area contributed by atoms with Crippen LogP contribution in [0, 0.1) is 11.7 Å². The number of nitrogens with one attached hydrogen (secondary N) is 1. The summed E-state index contributed by atoms with van der Waals surface area (Å²) < 4.78 is 99.8.